The van der Waals surface area contributed by atoms with Gasteiger partial charge in [0.05, 0.1) is 16.8 Å². The molecule has 1 unspecified atom stereocenters. The van der Waals surface area contributed by atoms with Gasteiger partial charge in [-0.2, -0.15) is 0 Å². The van der Waals surface area contributed by atoms with Crippen molar-refractivity contribution in [1.82, 2.24) is 30.6 Å². The third kappa shape index (κ3) is 5.12. The highest BCUT2D eigenvalue weighted by atomic mass is 35.5. The predicted octanol–water partition coefficient (Wildman–Crippen LogP) is 2.41. The third-order valence-electron chi connectivity index (χ3n) is 5.36. The minimum atomic E-state index is -0.161. The van der Waals surface area contributed by atoms with Crippen molar-refractivity contribution in [2.75, 3.05) is 31.1 Å². The van der Waals surface area contributed by atoms with Crippen LogP contribution in [0.5, 0.6) is 0 Å². The lowest BCUT2D eigenvalue weighted by atomic mass is 10.1. The zero-order valence-electron chi connectivity index (χ0n) is 16.2. The van der Waals surface area contributed by atoms with Gasteiger partial charge in [0, 0.05) is 25.3 Å². The van der Waals surface area contributed by atoms with Crippen LogP contribution in [0, 0.1) is 6.92 Å². The molecule has 0 spiro atoms. The highest BCUT2D eigenvalue weighted by Crippen LogP contribution is 2.26. The Bertz CT molecular complexity index is 826. The standard InChI is InChI=1S/C18H24ClN7O.2ClH/c1-12-16(23-24-26(12)14-4-8-20-9-5-14)18(27)22-13-6-10-25(11-13)17-15(19)3-2-7-21-17;;/h2-3,7,13-14,20H,4-6,8-11H2,1H3,(H,22,27);2*1H. The zero-order chi connectivity index (χ0) is 18.8. The summed E-state index contributed by atoms with van der Waals surface area (Å²) in [6.07, 6.45) is 4.59. The first-order valence-electron chi connectivity index (χ1n) is 9.42. The zero-order valence-corrected chi connectivity index (χ0v) is 18.6. The normalized spacial score (nSPS) is 19.4. The molecule has 160 valence electrons. The quantitative estimate of drug-likeness (QED) is 0.725. The summed E-state index contributed by atoms with van der Waals surface area (Å²) in [6, 6.07) is 4.00. The molecular weight excluding hydrogens is 437 g/mol. The molecule has 1 amide bonds. The summed E-state index contributed by atoms with van der Waals surface area (Å²) in [6.45, 7) is 5.36. The number of hydrogen-bond donors (Lipinski definition) is 2. The van der Waals surface area contributed by atoms with Gasteiger partial charge in [-0.05, 0) is 51.4 Å². The number of aromatic nitrogens is 4. The summed E-state index contributed by atoms with van der Waals surface area (Å²) in [5, 5.41) is 15.5. The van der Waals surface area contributed by atoms with Crippen LogP contribution in [-0.4, -0.2) is 58.1 Å². The minimum Gasteiger partial charge on any atom is -0.353 e. The van der Waals surface area contributed by atoms with Crippen molar-refractivity contribution in [1.29, 1.82) is 0 Å². The fourth-order valence-electron chi connectivity index (χ4n) is 3.88. The second-order valence-corrected chi connectivity index (χ2v) is 7.57. The fourth-order valence-corrected chi connectivity index (χ4v) is 4.12. The predicted molar refractivity (Wildman–Crippen MR) is 118 cm³/mol. The smallest absolute Gasteiger partial charge is 0.274 e. The van der Waals surface area contributed by atoms with Crippen LogP contribution in [-0.2, 0) is 0 Å². The highest BCUT2D eigenvalue weighted by Gasteiger charge is 2.28. The lowest BCUT2D eigenvalue weighted by molar-refractivity contribution is 0.0934. The van der Waals surface area contributed by atoms with Gasteiger partial charge < -0.3 is 15.5 Å². The van der Waals surface area contributed by atoms with E-state index in [4.69, 9.17) is 11.6 Å². The Labute approximate surface area is 187 Å². The molecule has 2 fully saturated rings. The van der Waals surface area contributed by atoms with E-state index >= 15 is 0 Å². The number of halogens is 3. The molecule has 0 saturated carbocycles. The van der Waals surface area contributed by atoms with Gasteiger partial charge in [0.25, 0.3) is 5.91 Å². The Balaban J connectivity index is 0.00000150. The van der Waals surface area contributed by atoms with Gasteiger partial charge in [-0.15, -0.1) is 29.9 Å². The summed E-state index contributed by atoms with van der Waals surface area (Å²) in [5.74, 6) is 0.607. The van der Waals surface area contributed by atoms with E-state index in [1.54, 1.807) is 6.20 Å². The van der Waals surface area contributed by atoms with E-state index in [0.717, 1.165) is 50.4 Å². The number of pyridine rings is 1. The lowest BCUT2D eigenvalue weighted by Gasteiger charge is -2.23. The van der Waals surface area contributed by atoms with E-state index in [9.17, 15) is 4.79 Å². The fraction of sp³-hybridized carbons (Fsp3) is 0.556. The minimum absolute atomic E-state index is 0. The van der Waals surface area contributed by atoms with Crippen LogP contribution in [0.25, 0.3) is 0 Å². The molecule has 4 heterocycles. The first kappa shape index (κ1) is 23.7. The SMILES string of the molecule is Cc1c(C(=O)NC2CCN(c3ncccc3Cl)C2)nnn1C1CCNCC1.Cl.Cl. The second kappa shape index (κ2) is 10.4. The second-order valence-electron chi connectivity index (χ2n) is 7.16. The van der Waals surface area contributed by atoms with E-state index in [1.165, 1.54) is 0 Å². The van der Waals surface area contributed by atoms with Crippen LogP contribution in [0.1, 0.15) is 41.5 Å². The molecule has 0 aromatic carbocycles. The molecule has 2 aliphatic rings. The summed E-state index contributed by atoms with van der Waals surface area (Å²) in [4.78, 5) is 19.2. The number of nitrogens with zero attached hydrogens (tertiary/aromatic N) is 5. The number of amides is 1. The number of rotatable bonds is 4. The van der Waals surface area contributed by atoms with Gasteiger partial charge in [0.15, 0.2) is 5.69 Å². The molecule has 4 rings (SSSR count). The van der Waals surface area contributed by atoms with Crippen molar-refractivity contribution < 1.29 is 4.79 Å². The van der Waals surface area contributed by atoms with Gasteiger partial charge >= 0.3 is 0 Å². The lowest BCUT2D eigenvalue weighted by Crippen LogP contribution is -2.37. The Morgan fingerprint density at radius 3 is 2.76 bits per heavy atom. The van der Waals surface area contributed by atoms with Crippen molar-refractivity contribution in [3.8, 4) is 0 Å². The first-order chi connectivity index (χ1) is 13.1. The van der Waals surface area contributed by atoms with E-state index in [2.05, 4.69) is 30.8 Å². The van der Waals surface area contributed by atoms with E-state index < -0.39 is 0 Å². The summed E-state index contributed by atoms with van der Waals surface area (Å²) in [7, 11) is 0. The molecule has 2 saturated heterocycles. The molecule has 0 bridgehead atoms. The summed E-state index contributed by atoms with van der Waals surface area (Å²) >= 11 is 6.23. The number of hydrogen-bond acceptors (Lipinski definition) is 6. The van der Waals surface area contributed by atoms with Crippen molar-refractivity contribution in [3.63, 3.8) is 0 Å². The van der Waals surface area contributed by atoms with Crippen LogP contribution < -0.4 is 15.5 Å². The van der Waals surface area contributed by atoms with Crippen LogP contribution >= 0.6 is 36.4 Å². The van der Waals surface area contributed by atoms with Crippen molar-refractivity contribution >= 4 is 48.1 Å². The molecule has 2 N–H and O–H groups in total. The average molecular weight is 463 g/mol. The molecular formula is C18H26Cl3N7O. The number of carbonyl (C=O) groups is 1. The van der Waals surface area contributed by atoms with Crippen LogP contribution in [0.2, 0.25) is 5.02 Å². The Morgan fingerprint density at radius 1 is 1.28 bits per heavy atom. The van der Waals surface area contributed by atoms with Gasteiger partial charge in [-0.25, -0.2) is 9.67 Å². The number of nitrogens with one attached hydrogen (secondary N) is 2. The van der Waals surface area contributed by atoms with E-state index in [-0.39, 0.29) is 36.8 Å². The monoisotopic (exact) mass is 461 g/mol. The molecule has 1 atom stereocenters. The summed E-state index contributed by atoms with van der Waals surface area (Å²) in [5.41, 5.74) is 1.25. The van der Waals surface area contributed by atoms with Gasteiger partial charge in [-0.1, -0.05) is 16.8 Å². The van der Waals surface area contributed by atoms with E-state index in [1.807, 2.05) is 23.7 Å². The molecule has 8 nitrogen and oxygen atoms in total. The molecule has 2 aliphatic heterocycles. The van der Waals surface area contributed by atoms with Crippen molar-refractivity contribution in [2.24, 2.45) is 0 Å². The Hall–Kier alpha value is -1.61. The van der Waals surface area contributed by atoms with E-state index in [0.29, 0.717) is 23.3 Å². The topological polar surface area (TPSA) is 88.0 Å². The average Bonchev–Trinajstić information content (AvgIpc) is 3.29. The van der Waals surface area contributed by atoms with Crippen molar-refractivity contribution in [2.45, 2.75) is 38.3 Å². The maximum absolute atomic E-state index is 12.7. The van der Waals surface area contributed by atoms with Crippen LogP contribution in [0.3, 0.4) is 0 Å². The highest BCUT2D eigenvalue weighted by molar-refractivity contribution is 6.32. The molecule has 2 aromatic rings. The third-order valence-corrected chi connectivity index (χ3v) is 5.65. The van der Waals surface area contributed by atoms with Gasteiger partial charge in [0.2, 0.25) is 0 Å². The van der Waals surface area contributed by atoms with Gasteiger partial charge in [-0.3, -0.25) is 4.79 Å². The largest absolute Gasteiger partial charge is 0.353 e. The summed E-state index contributed by atoms with van der Waals surface area (Å²) < 4.78 is 1.91. The molecule has 29 heavy (non-hydrogen) atoms. The maximum Gasteiger partial charge on any atom is 0.274 e. The first-order valence-corrected chi connectivity index (χ1v) is 9.80. The van der Waals surface area contributed by atoms with Crippen molar-refractivity contribution in [3.05, 3.63) is 34.7 Å². The number of piperidine rings is 1. The number of carbonyl (C=O) groups excluding carboxylic acids is 1. The number of anilines is 1. The molecule has 0 aliphatic carbocycles. The van der Waals surface area contributed by atoms with Crippen LogP contribution in [0.15, 0.2) is 18.3 Å². The maximum atomic E-state index is 12.7. The molecule has 11 heteroatoms. The Kier molecular flexibility index (Phi) is 8.51. The van der Waals surface area contributed by atoms with Crippen LogP contribution in [0.4, 0.5) is 5.82 Å². The molecule has 2 aromatic heterocycles. The molecule has 0 radical (unpaired) electrons. The Morgan fingerprint density at radius 2 is 2.03 bits per heavy atom. The van der Waals surface area contributed by atoms with Gasteiger partial charge in [0.1, 0.15) is 5.82 Å².